The highest BCUT2D eigenvalue weighted by molar-refractivity contribution is 7.10. The average Bonchev–Trinajstić information content (AvgIpc) is 3.93. The number of nitrogens with zero attached hydrogens (tertiary/aromatic N) is 8. The van der Waals surface area contributed by atoms with Gasteiger partial charge in [0.2, 0.25) is 0 Å². The molecule has 2 saturated heterocycles. The molecule has 0 saturated carbocycles. The maximum atomic E-state index is 15.0. The summed E-state index contributed by atoms with van der Waals surface area (Å²) in [5.74, 6) is -0.637. The van der Waals surface area contributed by atoms with Crippen LogP contribution in [0.5, 0.6) is 0 Å². The van der Waals surface area contributed by atoms with Crippen molar-refractivity contribution in [2.75, 3.05) is 26.2 Å². The van der Waals surface area contributed by atoms with Gasteiger partial charge in [-0.1, -0.05) is 0 Å². The Labute approximate surface area is 315 Å². The molecule has 0 bridgehead atoms. The molecule has 6 rings (SSSR count). The Kier molecular flexibility index (Phi) is 11.6. The second-order valence-corrected chi connectivity index (χ2v) is 15.8. The van der Waals surface area contributed by atoms with E-state index in [2.05, 4.69) is 20.2 Å². The van der Waals surface area contributed by atoms with Crippen LogP contribution in [-0.4, -0.2) is 94.9 Å². The lowest BCUT2D eigenvalue weighted by Crippen LogP contribution is -2.57. The number of alkyl halides is 6. The molecule has 0 N–H and O–H groups in total. The first-order valence-corrected chi connectivity index (χ1v) is 19.3. The van der Waals surface area contributed by atoms with E-state index >= 15 is 4.79 Å². The van der Waals surface area contributed by atoms with Crippen LogP contribution in [0.15, 0.2) is 22.9 Å². The summed E-state index contributed by atoms with van der Waals surface area (Å²) in [4.78, 5) is 51.6. The standard InChI is InChI=1S/C35H40F6N8O3S2/c1-19-13-29(34(36,37)38)44-48(19)15-27(46-9-5-23(6-10-46)32-42-25(17-53-32)21(3)50)31(52)28(16-49-20(2)14-30(45-49)35(39,40)41)47-11-7-24(8-12-47)33-43-26(18-54-33)22(4)51/h13-14,17-18,23-24,27-28H,5-12,15-16H2,1-4H3. The molecule has 0 spiro atoms. The predicted molar refractivity (Wildman–Crippen MR) is 188 cm³/mol. The molecule has 11 nitrogen and oxygen atoms in total. The van der Waals surface area contributed by atoms with E-state index < -0.39 is 35.8 Å². The van der Waals surface area contributed by atoms with Crippen molar-refractivity contribution in [2.24, 2.45) is 0 Å². The van der Waals surface area contributed by atoms with Crippen LogP contribution in [0.2, 0.25) is 0 Å². The predicted octanol–water partition coefficient (Wildman–Crippen LogP) is 6.82. The zero-order chi connectivity index (χ0) is 39.1. The summed E-state index contributed by atoms with van der Waals surface area (Å²) >= 11 is 2.77. The van der Waals surface area contributed by atoms with Gasteiger partial charge in [-0.05, 0) is 77.8 Å². The van der Waals surface area contributed by atoms with E-state index in [1.165, 1.54) is 59.7 Å². The van der Waals surface area contributed by atoms with Gasteiger partial charge in [-0.2, -0.15) is 36.5 Å². The third-order valence-corrected chi connectivity index (χ3v) is 12.3. The van der Waals surface area contributed by atoms with Crippen LogP contribution in [0.1, 0.15) is 105 Å². The number of Topliss-reactive ketones (excluding diaryl/α,β-unsaturated/α-hetero) is 3. The van der Waals surface area contributed by atoms with Crippen molar-refractivity contribution in [3.8, 4) is 0 Å². The van der Waals surface area contributed by atoms with Gasteiger partial charge in [-0.3, -0.25) is 33.5 Å². The van der Waals surface area contributed by atoms with E-state index in [9.17, 15) is 35.9 Å². The first-order chi connectivity index (χ1) is 25.4. The van der Waals surface area contributed by atoms with Gasteiger partial charge in [0.15, 0.2) is 28.7 Å². The van der Waals surface area contributed by atoms with Crippen molar-refractivity contribution in [3.63, 3.8) is 0 Å². The van der Waals surface area contributed by atoms with E-state index in [1.807, 2.05) is 9.80 Å². The van der Waals surface area contributed by atoms with Crippen LogP contribution in [0.3, 0.4) is 0 Å². The molecule has 2 fully saturated rings. The Morgan fingerprint density at radius 1 is 0.685 bits per heavy atom. The molecule has 2 unspecified atom stereocenters. The van der Waals surface area contributed by atoms with E-state index in [4.69, 9.17) is 0 Å². The lowest BCUT2D eigenvalue weighted by molar-refractivity contribution is -0.142. The number of aryl methyl sites for hydroxylation is 2. The van der Waals surface area contributed by atoms with Gasteiger partial charge in [0, 0.05) is 47.8 Å². The number of hydrogen-bond donors (Lipinski definition) is 0. The zero-order valence-corrected chi connectivity index (χ0v) is 31.7. The second kappa shape index (κ2) is 15.7. The Morgan fingerprint density at radius 3 is 1.31 bits per heavy atom. The van der Waals surface area contributed by atoms with Crippen molar-refractivity contribution >= 4 is 40.0 Å². The minimum absolute atomic E-state index is 0.00934. The summed E-state index contributed by atoms with van der Waals surface area (Å²) < 4.78 is 84.7. The molecule has 4 aromatic rings. The van der Waals surface area contributed by atoms with E-state index in [1.54, 1.807) is 10.8 Å². The summed E-state index contributed by atoms with van der Waals surface area (Å²) in [6.45, 7) is 6.98. The van der Waals surface area contributed by atoms with Gasteiger partial charge < -0.3 is 0 Å². The average molecular weight is 799 g/mol. The van der Waals surface area contributed by atoms with Crippen molar-refractivity contribution in [3.05, 3.63) is 67.1 Å². The summed E-state index contributed by atoms with van der Waals surface area (Å²) in [7, 11) is 0. The first-order valence-electron chi connectivity index (χ1n) is 17.6. The number of rotatable bonds is 12. The number of thiazole rings is 2. The summed E-state index contributed by atoms with van der Waals surface area (Å²) in [5.41, 5.74) is -1.01. The molecular formula is C35H40F6N8O3S2. The Bertz CT molecular complexity index is 1840. The number of hydrogen-bond acceptors (Lipinski definition) is 11. The second-order valence-electron chi connectivity index (χ2n) is 14.0. The highest BCUT2D eigenvalue weighted by Crippen LogP contribution is 2.35. The number of piperidine rings is 2. The maximum Gasteiger partial charge on any atom is 0.435 e. The maximum absolute atomic E-state index is 15.0. The van der Waals surface area contributed by atoms with E-state index in [0.717, 1.165) is 22.1 Å². The van der Waals surface area contributed by atoms with Crippen molar-refractivity contribution in [1.82, 2.24) is 39.3 Å². The third-order valence-electron chi connectivity index (χ3n) is 10.3. The van der Waals surface area contributed by atoms with Crippen LogP contribution in [0.4, 0.5) is 26.3 Å². The molecule has 2 aliphatic rings. The molecule has 2 atom stereocenters. The van der Waals surface area contributed by atoms with Gasteiger partial charge in [-0.15, -0.1) is 22.7 Å². The summed E-state index contributed by atoms with van der Waals surface area (Å²) in [5, 5.41) is 12.7. The van der Waals surface area contributed by atoms with E-state index in [-0.39, 0.29) is 53.7 Å². The van der Waals surface area contributed by atoms with Crippen molar-refractivity contribution in [2.45, 2.75) is 103 Å². The highest BCUT2D eigenvalue weighted by atomic mass is 32.1. The summed E-state index contributed by atoms with van der Waals surface area (Å²) in [6.07, 6.45) is -7.13. The fraction of sp³-hybridized carbons (Fsp3) is 0.571. The van der Waals surface area contributed by atoms with Crippen LogP contribution in [-0.2, 0) is 30.2 Å². The molecule has 19 heteroatoms. The van der Waals surface area contributed by atoms with E-state index in [0.29, 0.717) is 63.3 Å². The number of likely N-dealkylation sites (tertiary alicyclic amines) is 2. The van der Waals surface area contributed by atoms with Gasteiger partial charge in [0.05, 0.1) is 35.2 Å². The molecule has 0 aromatic carbocycles. The highest BCUT2D eigenvalue weighted by Gasteiger charge is 2.42. The quantitative estimate of drug-likeness (QED) is 0.112. The monoisotopic (exact) mass is 798 g/mol. The van der Waals surface area contributed by atoms with Crippen molar-refractivity contribution in [1.29, 1.82) is 0 Å². The summed E-state index contributed by atoms with van der Waals surface area (Å²) in [6, 6.07) is -0.111. The fourth-order valence-electron chi connectivity index (χ4n) is 7.18. The number of carbonyl (C=O) groups excluding carboxylic acids is 3. The lowest BCUT2D eigenvalue weighted by Gasteiger charge is -2.41. The lowest BCUT2D eigenvalue weighted by atomic mass is 9.91. The molecule has 0 aliphatic carbocycles. The number of halogens is 6. The molecule has 54 heavy (non-hydrogen) atoms. The number of aromatic nitrogens is 6. The molecule has 292 valence electrons. The Balaban J connectivity index is 1.31. The van der Waals surface area contributed by atoms with Crippen LogP contribution < -0.4 is 0 Å². The first kappa shape index (κ1) is 39.9. The van der Waals surface area contributed by atoms with Crippen molar-refractivity contribution < 1.29 is 40.7 Å². The van der Waals surface area contributed by atoms with Gasteiger partial charge in [0.1, 0.15) is 11.4 Å². The van der Waals surface area contributed by atoms with Gasteiger partial charge >= 0.3 is 12.4 Å². The van der Waals surface area contributed by atoms with Crippen LogP contribution in [0, 0.1) is 13.8 Å². The van der Waals surface area contributed by atoms with Crippen LogP contribution in [0.25, 0.3) is 0 Å². The minimum atomic E-state index is -4.70. The van der Waals surface area contributed by atoms with Crippen LogP contribution >= 0.6 is 22.7 Å². The molecular weight excluding hydrogens is 759 g/mol. The van der Waals surface area contributed by atoms with Gasteiger partial charge in [-0.25, -0.2) is 9.97 Å². The SMILES string of the molecule is CC(=O)c1csc(C2CCN(C(Cn3nc(C(F)(F)F)cc3C)C(=O)C(Cn3nc(C(F)(F)F)cc3C)N3CCC(c4nc(C(C)=O)cs4)CC3)CC2)n1. The zero-order valence-electron chi connectivity index (χ0n) is 30.1. The number of ketones is 3. The smallest absolute Gasteiger partial charge is 0.296 e. The largest absolute Gasteiger partial charge is 0.435 e. The molecule has 6 heterocycles. The molecule has 4 aromatic heterocycles. The Morgan fingerprint density at radius 2 is 1.04 bits per heavy atom. The normalized spacial score (nSPS) is 18.3. The van der Waals surface area contributed by atoms with Gasteiger partial charge in [0.25, 0.3) is 0 Å². The molecule has 2 aliphatic heterocycles. The minimum Gasteiger partial charge on any atom is -0.296 e. The fourth-order valence-corrected chi connectivity index (χ4v) is 9.24. The topological polar surface area (TPSA) is 119 Å². The molecule has 0 amide bonds. The molecule has 0 radical (unpaired) electrons. The Hall–Kier alpha value is -3.81. The number of carbonyl (C=O) groups is 3. The third kappa shape index (κ3) is 8.84.